The molecule has 1 aromatic carbocycles. The van der Waals surface area contributed by atoms with E-state index in [0.29, 0.717) is 10.9 Å². The molecule has 108 valence electrons. The molecule has 0 saturated heterocycles. The van der Waals surface area contributed by atoms with E-state index in [1.807, 2.05) is 27.7 Å². The van der Waals surface area contributed by atoms with Gasteiger partial charge in [0.15, 0.2) is 11.0 Å². The molecule has 0 fully saturated rings. The smallest absolute Gasteiger partial charge is 0.281 e. The Morgan fingerprint density at radius 2 is 1.43 bits per heavy atom. The molecule has 0 amide bonds. The molecule has 6 nitrogen and oxygen atoms in total. The largest absolute Gasteiger partial charge is 0.309 e. The van der Waals surface area contributed by atoms with Gasteiger partial charge < -0.3 is 4.57 Å². The molecule has 0 spiro atoms. The van der Waals surface area contributed by atoms with Crippen molar-refractivity contribution in [2.75, 3.05) is 0 Å². The van der Waals surface area contributed by atoms with Crippen LogP contribution in [0.1, 0.15) is 22.3 Å². The second kappa shape index (κ2) is 4.25. The maximum absolute atomic E-state index is 12.8. The molecule has 0 aliphatic heterocycles. The third kappa shape index (κ3) is 1.59. The summed E-state index contributed by atoms with van der Waals surface area (Å²) in [6.07, 6.45) is 0. The van der Waals surface area contributed by atoms with E-state index in [0.717, 1.165) is 22.3 Å². The molecule has 2 heterocycles. The molecule has 21 heavy (non-hydrogen) atoms. The van der Waals surface area contributed by atoms with Crippen LogP contribution in [0.15, 0.2) is 9.59 Å². The van der Waals surface area contributed by atoms with E-state index < -0.39 is 0 Å². The number of hydrogen-bond donors (Lipinski definition) is 1. The van der Waals surface area contributed by atoms with Crippen molar-refractivity contribution in [3.8, 4) is 0 Å². The van der Waals surface area contributed by atoms with Gasteiger partial charge >= 0.3 is 0 Å². The summed E-state index contributed by atoms with van der Waals surface area (Å²) >= 11 is 0. The van der Waals surface area contributed by atoms with Gasteiger partial charge in [0.05, 0.1) is 10.9 Å². The summed E-state index contributed by atoms with van der Waals surface area (Å²) in [5, 5.41) is 10.6. The van der Waals surface area contributed by atoms with Crippen molar-refractivity contribution in [3.63, 3.8) is 0 Å². The van der Waals surface area contributed by atoms with Gasteiger partial charge in [-0.2, -0.15) is 15.4 Å². The Balaban J connectivity index is 2.90. The van der Waals surface area contributed by atoms with Crippen LogP contribution in [-0.4, -0.2) is 20.0 Å². The first-order valence-electron chi connectivity index (χ1n) is 6.70. The molecule has 0 unspecified atom stereocenters. The zero-order valence-corrected chi connectivity index (χ0v) is 12.7. The lowest BCUT2D eigenvalue weighted by Crippen LogP contribution is -2.16. The van der Waals surface area contributed by atoms with Gasteiger partial charge in [-0.1, -0.05) is 0 Å². The number of benzene rings is 1. The normalized spacial score (nSPS) is 11.5. The first kappa shape index (κ1) is 13.5. The molecule has 0 aliphatic carbocycles. The highest BCUT2D eigenvalue weighted by Crippen LogP contribution is 2.26. The minimum Gasteiger partial charge on any atom is -0.309 e. The van der Waals surface area contributed by atoms with Crippen molar-refractivity contribution in [2.24, 2.45) is 7.05 Å². The number of H-pyrrole nitrogens is 1. The molecule has 0 radical (unpaired) electrons. The first-order valence-corrected chi connectivity index (χ1v) is 6.70. The number of nitrogens with zero attached hydrogens (tertiary/aromatic N) is 3. The van der Waals surface area contributed by atoms with Crippen molar-refractivity contribution in [1.29, 1.82) is 0 Å². The van der Waals surface area contributed by atoms with Gasteiger partial charge in [0.2, 0.25) is 5.43 Å². The molecule has 1 N–H and O–H groups in total. The summed E-state index contributed by atoms with van der Waals surface area (Å²) in [5.41, 5.74) is 4.22. The van der Waals surface area contributed by atoms with Crippen LogP contribution in [0.5, 0.6) is 0 Å². The lowest BCUT2D eigenvalue weighted by Gasteiger charge is -2.13. The van der Waals surface area contributed by atoms with Crippen molar-refractivity contribution < 1.29 is 0 Å². The Bertz CT molecular complexity index is 1030. The maximum atomic E-state index is 12.8. The number of fused-ring (bicyclic) bond motifs is 2. The summed E-state index contributed by atoms with van der Waals surface area (Å²) < 4.78 is 1.50. The van der Waals surface area contributed by atoms with E-state index in [2.05, 4.69) is 15.4 Å². The number of aryl methyl sites for hydroxylation is 3. The van der Waals surface area contributed by atoms with Crippen LogP contribution in [0, 0.1) is 27.7 Å². The van der Waals surface area contributed by atoms with Crippen molar-refractivity contribution >= 4 is 21.9 Å². The molecule has 6 heteroatoms. The summed E-state index contributed by atoms with van der Waals surface area (Å²) in [5.74, 6) is 0. The molecule has 0 saturated carbocycles. The summed E-state index contributed by atoms with van der Waals surface area (Å²) in [4.78, 5) is 25.3. The van der Waals surface area contributed by atoms with Crippen LogP contribution in [0.4, 0.5) is 0 Å². The molecule has 2 aromatic heterocycles. The van der Waals surface area contributed by atoms with Crippen LogP contribution in [0.25, 0.3) is 21.9 Å². The summed E-state index contributed by atoms with van der Waals surface area (Å²) in [7, 11) is 1.67. The second-order valence-corrected chi connectivity index (χ2v) is 5.44. The predicted molar refractivity (Wildman–Crippen MR) is 81.9 cm³/mol. The molecule has 3 rings (SSSR count). The Morgan fingerprint density at radius 1 is 0.857 bits per heavy atom. The fraction of sp³-hybridized carbons (Fsp3) is 0.333. The SMILES string of the molecule is Cc1c(C)c(C)c2c(c1C)c(=O)c1n[nH]nc1c(=O)n2C. The van der Waals surface area contributed by atoms with Gasteiger partial charge in [0.1, 0.15) is 0 Å². The topological polar surface area (TPSA) is 80.6 Å². The Morgan fingerprint density at radius 3 is 2.10 bits per heavy atom. The lowest BCUT2D eigenvalue weighted by molar-refractivity contribution is 0.900. The zero-order chi connectivity index (χ0) is 15.5. The first-order chi connectivity index (χ1) is 9.86. The Kier molecular flexibility index (Phi) is 2.73. The van der Waals surface area contributed by atoms with E-state index >= 15 is 0 Å². The van der Waals surface area contributed by atoms with E-state index in [-0.39, 0.29) is 22.0 Å². The third-order valence-electron chi connectivity index (χ3n) is 4.49. The number of hydrogen-bond acceptors (Lipinski definition) is 4. The Hall–Kier alpha value is -2.50. The van der Waals surface area contributed by atoms with Gasteiger partial charge in [-0.05, 0) is 49.9 Å². The van der Waals surface area contributed by atoms with Crippen LogP contribution >= 0.6 is 0 Å². The molecule has 0 bridgehead atoms. The van der Waals surface area contributed by atoms with Crippen LogP contribution in [0.3, 0.4) is 0 Å². The van der Waals surface area contributed by atoms with Crippen molar-refractivity contribution in [2.45, 2.75) is 27.7 Å². The highest BCUT2D eigenvalue weighted by Gasteiger charge is 2.18. The van der Waals surface area contributed by atoms with Crippen molar-refractivity contribution in [3.05, 3.63) is 42.8 Å². The highest BCUT2D eigenvalue weighted by molar-refractivity contribution is 5.92. The quantitative estimate of drug-likeness (QED) is 0.676. The average molecular weight is 284 g/mol. The number of aromatic nitrogens is 4. The molecule has 0 aliphatic rings. The van der Waals surface area contributed by atoms with Gasteiger partial charge in [-0.15, -0.1) is 0 Å². The van der Waals surface area contributed by atoms with E-state index in [1.54, 1.807) is 7.05 Å². The molecular formula is C15H16N4O2. The molecule has 0 atom stereocenters. The standard InChI is InChI=1S/C15H16N4O2/c1-6-7(2)9(4)13-10(8(6)3)14(20)11-12(17-18-16-11)15(21)19(13)5/h1-5H3,(H,16,17,18). The Labute approximate surface area is 120 Å². The number of aromatic amines is 1. The van der Waals surface area contributed by atoms with Crippen LogP contribution in [-0.2, 0) is 7.05 Å². The third-order valence-corrected chi connectivity index (χ3v) is 4.49. The van der Waals surface area contributed by atoms with Gasteiger partial charge in [0.25, 0.3) is 5.56 Å². The molecular weight excluding hydrogens is 268 g/mol. The van der Waals surface area contributed by atoms with E-state index in [1.165, 1.54) is 4.57 Å². The number of rotatable bonds is 0. The zero-order valence-electron chi connectivity index (χ0n) is 12.7. The fourth-order valence-electron chi connectivity index (χ4n) is 2.91. The fourth-order valence-corrected chi connectivity index (χ4v) is 2.91. The highest BCUT2D eigenvalue weighted by atomic mass is 16.1. The monoisotopic (exact) mass is 284 g/mol. The minimum absolute atomic E-state index is 0.0767. The summed E-state index contributed by atoms with van der Waals surface area (Å²) in [6.45, 7) is 7.83. The lowest BCUT2D eigenvalue weighted by atomic mass is 9.95. The van der Waals surface area contributed by atoms with E-state index in [9.17, 15) is 9.59 Å². The predicted octanol–water partition coefficient (Wildman–Crippen LogP) is 1.40. The van der Waals surface area contributed by atoms with Gasteiger partial charge in [-0.25, -0.2) is 0 Å². The number of nitrogens with one attached hydrogen (secondary N) is 1. The van der Waals surface area contributed by atoms with Gasteiger partial charge in [0, 0.05) is 7.05 Å². The second-order valence-electron chi connectivity index (χ2n) is 5.44. The summed E-state index contributed by atoms with van der Waals surface area (Å²) in [6, 6.07) is 0. The van der Waals surface area contributed by atoms with Crippen molar-refractivity contribution in [1.82, 2.24) is 20.0 Å². The van der Waals surface area contributed by atoms with E-state index in [4.69, 9.17) is 0 Å². The minimum atomic E-state index is -0.323. The average Bonchev–Trinajstić information content (AvgIpc) is 2.93. The maximum Gasteiger partial charge on any atom is 0.281 e. The van der Waals surface area contributed by atoms with Crippen LogP contribution in [0.2, 0.25) is 0 Å². The van der Waals surface area contributed by atoms with Crippen LogP contribution < -0.4 is 11.0 Å². The molecule has 3 aromatic rings. The van der Waals surface area contributed by atoms with Gasteiger partial charge in [-0.3, -0.25) is 9.59 Å².